The number of anilines is 2. The smallest absolute Gasteiger partial charge is 0.252 e. The summed E-state index contributed by atoms with van der Waals surface area (Å²) < 4.78 is 6.34. The minimum absolute atomic E-state index is 0.0396. The second-order valence-electron chi connectivity index (χ2n) is 8.89. The van der Waals surface area contributed by atoms with Crippen LogP contribution in [0.15, 0.2) is 47.5 Å². The number of aromatic nitrogens is 3. The molecule has 3 heterocycles. The predicted molar refractivity (Wildman–Crippen MR) is 151 cm³/mol. The number of nitrogens with one attached hydrogen (secondary N) is 3. The van der Waals surface area contributed by atoms with Gasteiger partial charge >= 0.3 is 0 Å². The second-order valence-corrected chi connectivity index (χ2v) is 10.6. The van der Waals surface area contributed by atoms with Crippen molar-refractivity contribution >= 4 is 40.4 Å². The molecule has 38 heavy (non-hydrogen) atoms. The van der Waals surface area contributed by atoms with Gasteiger partial charge in [-0.15, -0.1) is 11.3 Å². The number of nitrogens with zero attached hydrogens (tertiary/aromatic N) is 2. The van der Waals surface area contributed by atoms with E-state index < -0.39 is 0 Å². The third-order valence-electron chi connectivity index (χ3n) is 6.14. The molecule has 4 rings (SSSR count). The van der Waals surface area contributed by atoms with Gasteiger partial charge in [-0.1, -0.05) is 23.7 Å². The van der Waals surface area contributed by atoms with Gasteiger partial charge in [0.2, 0.25) is 5.91 Å². The second kappa shape index (κ2) is 12.1. The highest BCUT2D eigenvalue weighted by Gasteiger charge is 2.14. The molecule has 0 fully saturated rings. The van der Waals surface area contributed by atoms with Crippen molar-refractivity contribution in [2.75, 3.05) is 11.1 Å². The molecule has 9 nitrogen and oxygen atoms in total. The van der Waals surface area contributed by atoms with Crippen LogP contribution in [0, 0.1) is 20.8 Å². The quantitative estimate of drug-likeness (QED) is 0.228. The number of benzene rings is 1. The Morgan fingerprint density at radius 1 is 1.18 bits per heavy atom. The SMILES string of the molecule is Cc1cc(N)nc(C)c1CNC(=O)Cc1c(C)c(NCc2cccc(OCc3cnc(Cl)s3)c2)c[nH]c1=O. The van der Waals surface area contributed by atoms with E-state index in [4.69, 9.17) is 22.1 Å². The number of nitrogen functional groups attached to an aromatic ring is 1. The number of ether oxygens (including phenoxy) is 1. The van der Waals surface area contributed by atoms with Crippen molar-refractivity contribution in [1.82, 2.24) is 20.3 Å². The van der Waals surface area contributed by atoms with Crippen molar-refractivity contribution in [2.24, 2.45) is 0 Å². The molecule has 0 unspecified atom stereocenters. The van der Waals surface area contributed by atoms with Crippen molar-refractivity contribution in [1.29, 1.82) is 0 Å². The van der Waals surface area contributed by atoms with Crippen LogP contribution < -0.4 is 26.7 Å². The number of nitrogens with two attached hydrogens (primary N) is 1. The summed E-state index contributed by atoms with van der Waals surface area (Å²) in [6.45, 7) is 6.82. The Balaban J connectivity index is 1.37. The summed E-state index contributed by atoms with van der Waals surface area (Å²) in [7, 11) is 0. The first kappa shape index (κ1) is 27.2. The number of carbonyl (C=O) groups excluding carboxylic acids is 1. The van der Waals surface area contributed by atoms with Crippen LogP contribution >= 0.6 is 22.9 Å². The van der Waals surface area contributed by atoms with Gasteiger partial charge < -0.3 is 26.1 Å². The fraction of sp³-hybridized carbons (Fsp3) is 0.259. The monoisotopic (exact) mass is 552 g/mol. The highest BCUT2D eigenvalue weighted by atomic mass is 35.5. The Kier molecular flexibility index (Phi) is 8.65. The third-order valence-corrected chi connectivity index (χ3v) is 7.23. The molecule has 0 spiro atoms. The maximum atomic E-state index is 12.7. The highest BCUT2D eigenvalue weighted by Crippen LogP contribution is 2.22. The number of hydrogen-bond acceptors (Lipinski definition) is 8. The zero-order valence-electron chi connectivity index (χ0n) is 21.4. The van der Waals surface area contributed by atoms with Gasteiger partial charge in [0.05, 0.1) is 17.0 Å². The van der Waals surface area contributed by atoms with E-state index in [1.54, 1.807) is 18.5 Å². The van der Waals surface area contributed by atoms with Crippen LogP contribution in [0.2, 0.25) is 4.47 Å². The first-order valence-electron chi connectivity index (χ1n) is 12.0. The van der Waals surface area contributed by atoms with Gasteiger partial charge in [-0.3, -0.25) is 9.59 Å². The molecule has 0 bridgehead atoms. The van der Waals surface area contributed by atoms with Gasteiger partial charge in [0.1, 0.15) is 18.2 Å². The third kappa shape index (κ3) is 6.90. The summed E-state index contributed by atoms with van der Waals surface area (Å²) in [4.78, 5) is 37.2. The molecule has 0 aliphatic rings. The predicted octanol–water partition coefficient (Wildman–Crippen LogP) is 4.44. The van der Waals surface area contributed by atoms with Crippen molar-refractivity contribution < 1.29 is 9.53 Å². The molecule has 198 valence electrons. The number of aryl methyl sites for hydroxylation is 2. The Labute approximate surface area is 229 Å². The van der Waals surface area contributed by atoms with Gasteiger partial charge in [0.25, 0.3) is 5.56 Å². The molecule has 0 saturated carbocycles. The van der Waals surface area contributed by atoms with E-state index >= 15 is 0 Å². The van der Waals surface area contributed by atoms with Gasteiger partial charge in [-0.05, 0) is 61.2 Å². The van der Waals surface area contributed by atoms with Crippen molar-refractivity contribution in [3.05, 3.63) is 95.9 Å². The summed E-state index contributed by atoms with van der Waals surface area (Å²) in [5.74, 6) is 0.923. The minimum Gasteiger partial charge on any atom is -0.488 e. The fourth-order valence-electron chi connectivity index (χ4n) is 4.07. The molecule has 0 aliphatic heterocycles. The van der Waals surface area contributed by atoms with Crippen molar-refractivity contribution in [3.8, 4) is 5.75 Å². The van der Waals surface area contributed by atoms with Crippen LogP contribution in [-0.2, 0) is 30.9 Å². The molecule has 0 aliphatic carbocycles. The van der Waals surface area contributed by atoms with Crippen LogP contribution in [0.1, 0.15) is 38.4 Å². The number of H-pyrrole nitrogens is 1. The fourth-order valence-corrected chi connectivity index (χ4v) is 4.97. The molecular formula is C27H29ClN6O3S. The number of halogens is 1. The van der Waals surface area contributed by atoms with E-state index in [1.807, 2.05) is 45.0 Å². The maximum absolute atomic E-state index is 12.7. The maximum Gasteiger partial charge on any atom is 0.252 e. The standard InChI is InChI=1S/C27H29ClN6O3S/c1-15-7-24(29)34-17(3)22(15)12-31-25(35)9-21-16(2)23(13-32-26(21)36)30-10-18-5-4-6-19(8-18)37-14-20-11-33-27(28)38-20/h4-8,11,13,30H,9-10,12,14H2,1-3H3,(H2,29,34)(H,31,35)(H,32,36). The molecular weight excluding hydrogens is 524 g/mol. The lowest BCUT2D eigenvalue weighted by molar-refractivity contribution is -0.120. The van der Waals surface area contributed by atoms with Crippen LogP contribution in [0.25, 0.3) is 0 Å². The first-order valence-corrected chi connectivity index (χ1v) is 13.2. The number of aromatic amines is 1. The van der Waals surface area contributed by atoms with Crippen LogP contribution in [-0.4, -0.2) is 20.9 Å². The van der Waals surface area contributed by atoms with E-state index in [-0.39, 0.29) is 17.9 Å². The molecule has 0 radical (unpaired) electrons. The lowest BCUT2D eigenvalue weighted by Gasteiger charge is -2.14. The van der Waals surface area contributed by atoms with Crippen LogP contribution in [0.4, 0.5) is 11.5 Å². The van der Waals surface area contributed by atoms with Crippen LogP contribution in [0.3, 0.4) is 0 Å². The normalized spacial score (nSPS) is 10.8. The van der Waals surface area contributed by atoms with Gasteiger partial charge in [0, 0.05) is 36.7 Å². The van der Waals surface area contributed by atoms with E-state index in [1.165, 1.54) is 11.3 Å². The topological polar surface area (TPSA) is 135 Å². The largest absolute Gasteiger partial charge is 0.488 e. The first-order chi connectivity index (χ1) is 18.2. The van der Waals surface area contributed by atoms with Crippen molar-refractivity contribution in [3.63, 3.8) is 0 Å². The molecule has 1 aromatic carbocycles. The molecule has 5 N–H and O–H groups in total. The number of hydrogen-bond donors (Lipinski definition) is 4. The summed E-state index contributed by atoms with van der Waals surface area (Å²) in [6.07, 6.45) is 3.29. The Hall–Kier alpha value is -3.89. The average Bonchev–Trinajstić information content (AvgIpc) is 3.29. The summed E-state index contributed by atoms with van der Waals surface area (Å²) in [5.41, 5.74) is 11.0. The summed E-state index contributed by atoms with van der Waals surface area (Å²) in [5, 5.41) is 6.24. The zero-order valence-corrected chi connectivity index (χ0v) is 22.9. The Bertz CT molecular complexity index is 1490. The molecule has 1 amide bonds. The number of carbonyl (C=O) groups is 1. The molecule has 4 aromatic rings. The van der Waals surface area contributed by atoms with E-state index in [9.17, 15) is 9.59 Å². The summed E-state index contributed by atoms with van der Waals surface area (Å²) >= 11 is 7.26. The Morgan fingerprint density at radius 2 is 2.00 bits per heavy atom. The van der Waals surface area contributed by atoms with Crippen LogP contribution in [0.5, 0.6) is 5.75 Å². The van der Waals surface area contributed by atoms with Gasteiger partial charge in [-0.2, -0.15) is 0 Å². The van der Waals surface area contributed by atoms with Crippen molar-refractivity contribution in [2.45, 2.75) is 46.9 Å². The van der Waals surface area contributed by atoms with Gasteiger partial charge in [-0.25, -0.2) is 9.97 Å². The zero-order chi connectivity index (χ0) is 27.2. The lowest BCUT2D eigenvalue weighted by Crippen LogP contribution is -2.29. The highest BCUT2D eigenvalue weighted by molar-refractivity contribution is 7.15. The lowest BCUT2D eigenvalue weighted by atomic mass is 10.1. The number of rotatable bonds is 10. The molecule has 0 saturated heterocycles. The summed E-state index contributed by atoms with van der Waals surface area (Å²) in [6, 6.07) is 9.51. The Morgan fingerprint density at radius 3 is 2.74 bits per heavy atom. The molecule has 3 aromatic heterocycles. The van der Waals surface area contributed by atoms with E-state index in [0.717, 1.165) is 44.3 Å². The number of pyridine rings is 2. The van der Waals surface area contributed by atoms with E-state index in [0.29, 0.717) is 35.5 Å². The minimum atomic E-state index is -0.289. The number of thiazole rings is 1. The number of amides is 1. The average molecular weight is 553 g/mol. The van der Waals surface area contributed by atoms with Gasteiger partial charge in [0.15, 0.2) is 4.47 Å². The molecule has 11 heteroatoms. The van der Waals surface area contributed by atoms with E-state index in [2.05, 4.69) is 25.6 Å². The molecule has 0 atom stereocenters.